The molecule has 2 heterocycles. The second kappa shape index (κ2) is 6.36. The van der Waals surface area contributed by atoms with Crippen molar-refractivity contribution in [2.75, 3.05) is 32.8 Å². The molecule has 2 saturated heterocycles. The Morgan fingerprint density at radius 2 is 2.06 bits per heavy atom. The molecular formula is C13H24N2O2. The van der Waals surface area contributed by atoms with Crippen LogP contribution in [0, 0.1) is 11.8 Å². The second-order valence-corrected chi connectivity index (χ2v) is 5.32. The van der Waals surface area contributed by atoms with Crippen LogP contribution in [-0.4, -0.2) is 48.7 Å². The molecule has 1 unspecified atom stereocenters. The van der Waals surface area contributed by atoms with Gasteiger partial charge in [-0.1, -0.05) is 0 Å². The van der Waals surface area contributed by atoms with Crippen LogP contribution in [0.25, 0.3) is 0 Å². The van der Waals surface area contributed by atoms with Crippen molar-refractivity contribution in [2.45, 2.75) is 32.1 Å². The van der Waals surface area contributed by atoms with Crippen LogP contribution in [0.15, 0.2) is 0 Å². The van der Waals surface area contributed by atoms with E-state index in [1.165, 1.54) is 0 Å². The summed E-state index contributed by atoms with van der Waals surface area (Å²) in [6, 6.07) is 0. The molecule has 2 aliphatic rings. The maximum Gasteiger partial charge on any atom is 0.226 e. The second-order valence-electron chi connectivity index (χ2n) is 5.32. The molecule has 0 spiro atoms. The molecule has 0 aromatic rings. The van der Waals surface area contributed by atoms with Crippen molar-refractivity contribution in [1.82, 2.24) is 10.2 Å². The normalized spacial score (nSPS) is 27.1. The Kier molecular flexibility index (Phi) is 4.80. The molecule has 1 atom stereocenters. The minimum Gasteiger partial charge on any atom is -0.396 e. The van der Waals surface area contributed by atoms with Crippen LogP contribution in [0.2, 0.25) is 0 Å². The van der Waals surface area contributed by atoms with Crippen molar-refractivity contribution in [2.24, 2.45) is 11.8 Å². The Bertz CT molecular complexity index is 244. The molecule has 2 rings (SSSR count). The summed E-state index contributed by atoms with van der Waals surface area (Å²) in [5.74, 6) is 1.17. The van der Waals surface area contributed by atoms with Gasteiger partial charge in [0, 0.05) is 26.2 Å². The van der Waals surface area contributed by atoms with Gasteiger partial charge in [-0.25, -0.2) is 0 Å². The Labute approximate surface area is 103 Å². The molecule has 17 heavy (non-hydrogen) atoms. The summed E-state index contributed by atoms with van der Waals surface area (Å²) in [5.41, 5.74) is 0. The van der Waals surface area contributed by atoms with Gasteiger partial charge in [-0.05, 0) is 44.6 Å². The van der Waals surface area contributed by atoms with Crippen molar-refractivity contribution in [3.8, 4) is 0 Å². The first-order valence-corrected chi connectivity index (χ1v) is 6.91. The first kappa shape index (κ1) is 12.8. The van der Waals surface area contributed by atoms with Gasteiger partial charge in [0.25, 0.3) is 0 Å². The number of aliphatic hydroxyl groups excluding tert-OH is 1. The molecule has 4 nitrogen and oxygen atoms in total. The summed E-state index contributed by atoms with van der Waals surface area (Å²) in [6.45, 7) is 3.98. The van der Waals surface area contributed by atoms with Crippen molar-refractivity contribution in [3.63, 3.8) is 0 Å². The zero-order valence-electron chi connectivity index (χ0n) is 10.5. The van der Waals surface area contributed by atoms with Gasteiger partial charge in [0.1, 0.15) is 0 Å². The van der Waals surface area contributed by atoms with E-state index in [2.05, 4.69) is 5.32 Å². The molecule has 0 aromatic carbocycles. The van der Waals surface area contributed by atoms with Crippen molar-refractivity contribution >= 4 is 5.91 Å². The first-order chi connectivity index (χ1) is 8.31. The maximum absolute atomic E-state index is 12.3. The van der Waals surface area contributed by atoms with Gasteiger partial charge < -0.3 is 15.3 Å². The zero-order chi connectivity index (χ0) is 12.1. The Morgan fingerprint density at radius 3 is 2.65 bits per heavy atom. The van der Waals surface area contributed by atoms with Crippen LogP contribution < -0.4 is 5.32 Å². The number of likely N-dealkylation sites (tertiary alicyclic amines) is 1. The highest BCUT2D eigenvalue weighted by atomic mass is 16.3. The largest absolute Gasteiger partial charge is 0.396 e. The minimum absolute atomic E-state index is 0.207. The number of hydrogen-bond acceptors (Lipinski definition) is 3. The number of nitrogens with zero attached hydrogens (tertiary/aromatic N) is 1. The van der Waals surface area contributed by atoms with Crippen LogP contribution in [0.3, 0.4) is 0 Å². The van der Waals surface area contributed by atoms with Gasteiger partial charge in [0.2, 0.25) is 5.91 Å². The smallest absolute Gasteiger partial charge is 0.226 e. The van der Waals surface area contributed by atoms with E-state index in [0.29, 0.717) is 11.8 Å². The number of amides is 1. The molecule has 2 fully saturated rings. The third-order valence-electron chi connectivity index (χ3n) is 4.11. The van der Waals surface area contributed by atoms with Crippen LogP contribution in [-0.2, 0) is 4.79 Å². The van der Waals surface area contributed by atoms with E-state index in [1.807, 2.05) is 4.90 Å². The molecule has 2 aliphatic heterocycles. The van der Waals surface area contributed by atoms with E-state index in [4.69, 9.17) is 5.11 Å². The Morgan fingerprint density at radius 1 is 1.29 bits per heavy atom. The summed E-state index contributed by atoms with van der Waals surface area (Å²) < 4.78 is 0. The fourth-order valence-electron chi connectivity index (χ4n) is 2.95. The first-order valence-electron chi connectivity index (χ1n) is 6.91. The van der Waals surface area contributed by atoms with Crippen LogP contribution in [0.1, 0.15) is 32.1 Å². The van der Waals surface area contributed by atoms with Gasteiger partial charge in [-0.2, -0.15) is 0 Å². The van der Waals surface area contributed by atoms with Crippen molar-refractivity contribution in [1.29, 1.82) is 0 Å². The monoisotopic (exact) mass is 240 g/mol. The summed E-state index contributed by atoms with van der Waals surface area (Å²) in [6.07, 6.45) is 5.19. The van der Waals surface area contributed by atoms with E-state index >= 15 is 0 Å². The Hall–Kier alpha value is -0.610. The van der Waals surface area contributed by atoms with Gasteiger partial charge in [0.15, 0.2) is 0 Å². The molecule has 4 heteroatoms. The number of piperidine rings is 2. The van der Waals surface area contributed by atoms with Crippen LogP contribution in [0.5, 0.6) is 0 Å². The van der Waals surface area contributed by atoms with Gasteiger partial charge in [-0.3, -0.25) is 4.79 Å². The average Bonchev–Trinajstić information content (AvgIpc) is 2.40. The summed E-state index contributed by atoms with van der Waals surface area (Å²) in [4.78, 5) is 14.3. The van der Waals surface area contributed by atoms with E-state index in [-0.39, 0.29) is 12.5 Å². The van der Waals surface area contributed by atoms with Gasteiger partial charge in [0.05, 0.1) is 5.92 Å². The molecule has 0 bridgehead atoms. The van der Waals surface area contributed by atoms with Crippen molar-refractivity contribution < 1.29 is 9.90 Å². The molecule has 1 amide bonds. The van der Waals surface area contributed by atoms with E-state index < -0.39 is 0 Å². The predicted molar refractivity (Wildman–Crippen MR) is 66.6 cm³/mol. The molecular weight excluding hydrogens is 216 g/mol. The summed E-state index contributed by atoms with van der Waals surface area (Å²) in [7, 11) is 0. The standard InChI is InChI=1S/C13H24N2O2/c16-9-5-11-3-7-15(8-4-11)13(17)12-2-1-6-14-10-12/h11-12,14,16H,1-10H2. The molecule has 0 aliphatic carbocycles. The van der Waals surface area contributed by atoms with Crippen LogP contribution >= 0.6 is 0 Å². The van der Waals surface area contributed by atoms with E-state index in [1.54, 1.807) is 0 Å². The third-order valence-corrected chi connectivity index (χ3v) is 4.11. The number of aliphatic hydroxyl groups is 1. The van der Waals surface area contributed by atoms with Gasteiger partial charge in [-0.15, -0.1) is 0 Å². The number of carbonyl (C=O) groups excluding carboxylic acids is 1. The highest BCUT2D eigenvalue weighted by molar-refractivity contribution is 5.79. The predicted octanol–water partition coefficient (Wildman–Crippen LogP) is 0.607. The topological polar surface area (TPSA) is 52.6 Å². The molecule has 0 radical (unpaired) electrons. The number of hydrogen-bond donors (Lipinski definition) is 2. The lowest BCUT2D eigenvalue weighted by Gasteiger charge is -2.35. The lowest BCUT2D eigenvalue weighted by Crippen LogP contribution is -2.46. The lowest BCUT2D eigenvalue weighted by molar-refractivity contribution is -0.137. The van der Waals surface area contributed by atoms with E-state index in [9.17, 15) is 4.79 Å². The average molecular weight is 240 g/mol. The van der Waals surface area contributed by atoms with Crippen molar-refractivity contribution in [3.05, 3.63) is 0 Å². The third kappa shape index (κ3) is 3.42. The Balaban J connectivity index is 1.77. The summed E-state index contributed by atoms with van der Waals surface area (Å²) in [5, 5.41) is 12.2. The fourth-order valence-corrected chi connectivity index (χ4v) is 2.95. The quantitative estimate of drug-likeness (QED) is 0.760. The SMILES string of the molecule is O=C(C1CCCNC1)N1CCC(CCO)CC1. The minimum atomic E-state index is 0.207. The number of carbonyl (C=O) groups is 1. The molecule has 98 valence electrons. The fraction of sp³-hybridized carbons (Fsp3) is 0.923. The highest BCUT2D eigenvalue weighted by Crippen LogP contribution is 2.22. The highest BCUT2D eigenvalue weighted by Gasteiger charge is 2.28. The van der Waals surface area contributed by atoms with E-state index in [0.717, 1.165) is 58.3 Å². The molecule has 0 aromatic heterocycles. The van der Waals surface area contributed by atoms with Crippen LogP contribution in [0.4, 0.5) is 0 Å². The molecule has 0 saturated carbocycles. The van der Waals surface area contributed by atoms with Gasteiger partial charge >= 0.3 is 0 Å². The lowest BCUT2D eigenvalue weighted by atomic mass is 9.92. The molecule has 2 N–H and O–H groups in total. The zero-order valence-corrected chi connectivity index (χ0v) is 10.5. The summed E-state index contributed by atoms with van der Waals surface area (Å²) >= 11 is 0. The number of nitrogens with one attached hydrogen (secondary N) is 1. The number of rotatable bonds is 3. The maximum atomic E-state index is 12.3.